The average molecular weight is 157 g/mol. The zero-order valence-corrected chi connectivity index (χ0v) is 7.56. The molecule has 0 radical (unpaired) electrons. The van der Waals surface area contributed by atoms with Crippen molar-refractivity contribution in [2.24, 2.45) is 5.73 Å². The first-order chi connectivity index (χ1) is 5.22. The van der Waals surface area contributed by atoms with Crippen LogP contribution < -0.4 is 5.73 Å². The largest absolute Gasteiger partial charge is 0.370 e. The predicted octanol–water partition coefficient (Wildman–Crippen LogP) is 1.39. The normalized spacial score (nSPS) is 9.64. The lowest BCUT2D eigenvalue weighted by Crippen LogP contribution is -2.37. The van der Waals surface area contributed by atoms with Crippen LogP contribution in [0.25, 0.3) is 0 Å². The van der Waals surface area contributed by atoms with Gasteiger partial charge >= 0.3 is 0 Å². The molecule has 0 atom stereocenters. The van der Waals surface area contributed by atoms with Crippen LogP contribution in [0.4, 0.5) is 0 Å². The van der Waals surface area contributed by atoms with E-state index in [1.807, 2.05) is 4.90 Å². The Bertz CT molecular complexity index is 112. The summed E-state index contributed by atoms with van der Waals surface area (Å²) in [5.74, 6) is 0.209. The molecule has 0 saturated carbocycles. The van der Waals surface area contributed by atoms with Crippen LogP contribution in [-0.4, -0.2) is 23.9 Å². The maximum absolute atomic E-state index is 7.24. The summed E-state index contributed by atoms with van der Waals surface area (Å²) in [7, 11) is 0. The van der Waals surface area contributed by atoms with Crippen molar-refractivity contribution in [3.8, 4) is 0 Å². The molecule has 0 spiro atoms. The van der Waals surface area contributed by atoms with E-state index in [2.05, 4.69) is 13.8 Å². The number of nitrogens with one attached hydrogen (secondary N) is 1. The summed E-state index contributed by atoms with van der Waals surface area (Å²) in [6, 6.07) is 0. The Kier molecular flexibility index (Phi) is 5.61. The second-order valence-corrected chi connectivity index (χ2v) is 2.73. The number of guanidine groups is 1. The molecule has 0 rings (SSSR count). The van der Waals surface area contributed by atoms with E-state index in [4.69, 9.17) is 11.1 Å². The Morgan fingerprint density at radius 1 is 1.27 bits per heavy atom. The summed E-state index contributed by atoms with van der Waals surface area (Å²) in [5.41, 5.74) is 5.37. The van der Waals surface area contributed by atoms with E-state index in [0.29, 0.717) is 0 Å². The second-order valence-electron chi connectivity index (χ2n) is 2.73. The molecule has 0 bridgehead atoms. The highest BCUT2D eigenvalue weighted by Crippen LogP contribution is 1.94. The molecular formula is C8H19N3. The number of hydrogen-bond donors (Lipinski definition) is 2. The highest BCUT2D eigenvalue weighted by molar-refractivity contribution is 5.74. The molecular weight excluding hydrogens is 138 g/mol. The molecule has 66 valence electrons. The summed E-state index contributed by atoms with van der Waals surface area (Å²) < 4.78 is 0. The molecule has 0 aliphatic heterocycles. The van der Waals surface area contributed by atoms with Crippen LogP contribution in [0.15, 0.2) is 0 Å². The van der Waals surface area contributed by atoms with Crippen LogP contribution in [0.2, 0.25) is 0 Å². The van der Waals surface area contributed by atoms with Crippen LogP contribution in [0.3, 0.4) is 0 Å². The van der Waals surface area contributed by atoms with Crippen molar-refractivity contribution in [1.29, 1.82) is 5.41 Å². The molecule has 0 aliphatic carbocycles. The molecule has 3 heteroatoms. The summed E-state index contributed by atoms with van der Waals surface area (Å²) in [6.45, 7) is 6.08. The Morgan fingerprint density at radius 3 is 2.27 bits per heavy atom. The van der Waals surface area contributed by atoms with Gasteiger partial charge in [-0.2, -0.15) is 0 Å². The fourth-order valence-electron chi connectivity index (χ4n) is 0.972. The predicted molar refractivity (Wildman–Crippen MR) is 48.7 cm³/mol. The van der Waals surface area contributed by atoms with E-state index in [-0.39, 0.29) is 5.96 Å². The third kappa shape index (κ3) is 4.65. The van der Waals surface area contributed by atoms with Gasteiger partial charge < -0.3 is 10.6 Å². The lowest BCUT2D eigenvalue weighted by atomic mass is 10.3. The second kappa shape index (κ2) is 6.01. The van der Waals surface area contributed by atoms with Crippen LogP contribution in [-0.2, 0) is 0 Å². The van der Waals surface area contributed by atoms with E-state index in [9.17, 15) is 0 Å². The lowest BCUT2D eigenvalue weighted by Gasteiger charge is -2.21. The first kappa shape index (κ1) is 10.3. The van der Waals surface area contributed by atoms with Gasteiger partial charge in [0.1, 0.15) is 0 Å². The van der Waals surface area contributed by atoms with E-state index < -0.39 is 0 Å². The minimum absolute atomic E-state index is 0.209. The Labute approximate surface area is 69.1 Å². The number of nitrogens with zero attached hydrogens (tertiary/aromatic N) is 1. The van der Waals surface area contributed by atoms with Gasteiger partial charge in [-0.3, -0.25) is 5.41 Å². The number of hydrogen-bond acceptors (Lipinski definition) is 1. The molecule has 0 aromatic heterocycles. The molecule has 0 aromatic carbocycles. The molecule has 0 saturated heterocycles. The van der Waals surface area contributed by atoms with Crippen LogP contribution >= 0.6 is 0 Å². The Hall–Kier alpha value is -0.730. The minimum atomic E-state index is 0.209. The van der Waals surface area contributed by atoms with Gasteiger partial charge in [0.25, 0.3) is 0 Å². The Morgan fingerprint density at radius 2 is 1.91 bits per heavy atom. The van der Waals surface area contributed by atoms with Gasteiger partial charge in [-0.05, 0) is 12.8 Å². The molecule has 3 N–H and O–H groups in total. The third-order valence-electron chi connectivity index (χ3n) is 1.62. The van der Waals surface area contributed by atoms with Crippen molar-refractivity contribution in [2.45, 2.75) is 33.1 Å². The molecule has 0 fully saturated rings. The quantitative estimate of drug-likeness (QED) is 0.468. The fourth-order valence-corrected chi connectivity index (χ4v) is 0.972. The van der Waals surface area contributed by atoms with Crippen LogP contribution in [0, 0.1) is 5.41 Å². The van der Waals surface area contributed by atoms with Gasteiger partial charge in [0, 0.05) is 13.1 Å². The number of rotatable bonds is 5. The van der Waals surface area contributed by atoms with Gasteiger partial charge in [-0.15, -0.1) is 0 Å². The molecule has 0 unspecified atom stereocenters. The first-order valence-electron chi connectivity index (χ1n) is 4.31. The van der Waals surface area contributed by atoms with Crippen molar-refractivity contribution in [1.82, 2.24) is 4.90 Å². The highest BCUT2D eigenvalue weighted by atomic mass is 15.2. The maximum atomic E-state index is 7.24. The summed E-state index contributed by atoms with van der Waals surface area (Å²) in [6.07, 6.45) is 3.34. The topological polar surface area (TPSA) is 53.1 Å². The zero-order valence-electron chi connectivity index (χ0n) is 7.56. The van der Waals surface area contributed by atoms with E-state index in [1.165, 1.54) is 0 Å². The summed E-state index contributed by atoms with van der Waals surface area (Å²) >= 11 is 0. The lowest BCUT2D eigenvalue weighted by molar-refractivity contribution is 0.400. The minimum Gasteiger partial charge on any atom is -0.370 e. The molecule has 3 nitrogen and oxygen atoms in total. The first-order valence-corrected chi connectivity index (χ1v) is 4.31. The van der Waals surface area contributed by atoms with Crippen molar-refractivity contribution in [3.05, 3.63) is 0 Å². The fraction of sp³-hybridized carbons (Fsp3) is 0.875. The SMILES string of the molecule is CCCCN(CCC)C(=N)N. The summed E-state index contributed by atoms with van der Waals surface area (Å²) in [5, 5.41) is 7.24. The van der Waals surface area contributed by atoms with Gasteiger partial charge in [0.05, 0.1) is 0 Å². The number of nitrogens with two attached hydrogens (primary N) is 1. The number of unbranched alkanes of at least 4 members (excludes halogenated alkanes) is 1. The van der Waals surface area contributed by atoms with Crippen molar-refractivity contribution < 1.29 is 0 Å². The smallest absolute Gasteiger partial charge is 0.188 e. The van der Waals surface area contributed by atoms with Gasteiger partial charge in [-0.1, -0.05) is 20.3 Å². The molecule has 11 heavy (non-hydrogen) atoms. The monoisotopic (exact) mass is 157 g/mol. The zero-order chi connectivity index (χ0) is 8.69. The van der Waals surface area contributed by atoms with Crippen molar-refractivity contribution in [3.63, 3.8) is 0 Å². The highest BCUT2D eigenvalue weighted by Gasteiger charge is 2.02. The van der Waals surface area contributed by atoms with Gasteiger partial charge in [0.15, 0.2) is 5.96 Å². The molecule has 0 heterocycles. The standard InChI is InChI=1S/C8H19N3/c1-3-5-7-11(6-4-2)8(9)10/h3-7H2,1-2H3,(H3,9,10). The molecule has 0 aliphatic rings. The van der Waals surface area contributed by atoms with Crippen molar-refractivity contribution >= 4 is 5.96 Å². The maximum Gasteiger partial charge on any atom is 0.188 e. The average Bonchev–Trinajstić information content (AvgIpc) is 1.97. The third-order valence-corrected chi connectivity index (χ3v) is 1.62. The van der Waals surface area contributed by atoms with Crippen molar-refractivity contribution in [2.75, 3.05) is 13.1 Å². The van der Waals surface area contributed by atoms with E-state index in [0.717, 1.165) is 32.4 Å². The van der Waals surface area contributed by atoms with Gasteiger partial charge in [0.2, 0.25) is 0 Å². The van der Waals surface area contributed by atoms with Crippen LogP contribution in [0.1, 0.15) is 33.1 Å². The molecule has 0 amide bonds. The Balaban J connectivity index is 3.60. The van der Waals surface area contributed by atoms with E-state index in [1.54, 1.807) is 0 Å². The summed E-state index contributed by atoms with van der Waals surface area (Å²) in [4.78, 5) is 1.92. The van der Waals surface area contributed by atoms with E-state index >= 15 is 0 Å². The van der Waals surface area contributed by atoms with Crippen LogP contribution in [0.5, 0.6) is 0 Å². The van der Waals surface area contributed by atoms with Gasteiger partial charge in [-0.25, -0.2) is 0 Å². The molecule has 0 aromatic rings.